The third-order valence-electron chi connectivity index (χ3n) is 3.30. The molecule has 2 fully saturated rings. The zero-order chi connectivity index (χ0) is 8.60. The van der Waals surface area contributed by atoms with Crippen LogP contribution in [0.15, 0.2) is 0 Å². The van der Waals surface area contributed by atoms with E-state index < -0.39 is 0 Å². The highest BCUT2D eigenvalue weighted by Gasteiger charge is 2.54. The summed E-state index contributed by atoms with van der Waals surface area (Å²) >= 11 is 0. The van der Waals surface area contributed by atoms with Gasteiger partial charge in [0.2, 0.25) is 0 Å². The Hall–Kier alpha value is -0.280. The number of hydrogen-bond donors (Lipinski definition) is 1. The first-order valence-corrected chi connectivity index (χ1v) is 4.63. The fourth-order valence-corrected chi connectivity index (χ4v) is 2.44. The molecule has 13 heavy (non-hydrogen) atoms. The smallest absolute Gasteiger partial charge is 0.326 e. The molecule has 2 rings (SSSR count). The Labute approximate surface area is 84.6 Å². The maximum Gasteiger partial charge on any atom is 0.326 e. The van der Waals surface area contributed by atoms with Crippen LogP contribution in [0.1, 0.15) is 25.7 Å². The Bertz CT molecular complexity index is 210. The van der Waals surface area contributed by atoms with Gasteiger partial charge in [0.25, 0.3) is 0 Å². The van der Waals surface area contributed by atoms with Crippen molar-refractivity contribution in [1.82, 2.24) is 5.32 Å². The first kappa shape index (κ1) is 10.8. The number of methoxy groups -OCH3 is 1. The lowest BCUT2D eigenvalue weighted by atomic mass is 9.63. The van der Waals surface area contributed by atoms with Crippen LogP contribution in [-0.2, 0) is 9.53 Å². The molecule has 76 valence electrons. The second-order valence-electron chi connectivity index (χ2n) is 3.77. The molecule has 0 spiro atoms. The maximum absolute atomic E-state index is 11.5. The van der Waals surface area contributed by atoms with Crippen LogP contribution in [0.5, 0.6) is 0 Å². The molecule has 1 heterocycles. The number of rotatable bonds is 1. The summed E-state index contributed by atoms with van der Waals surface area (Å²) in [5.74, 6) is 0.483. The normalized spacial score (nSPS) is 36.5. The lowest BCUT2D eigenvalue weighted by Crippen LogP contribution is -2.66. The van der Waals surface area contributed by atoms with Crippen molar-refractivity contribution in [3.63, 3.8) is 0 Å². The van der Waals surface area contributed by atoms with Crippen LogP contribution in [0.2, 0.25) is 0 Å². The Morgan fingerprint density at radius 2 is 2.31 bits per heavy atom. The summed E-state index contributed by atoms with van der Waals surface area (Å²) in [6.07, 6.45) is 4.53. The number of ether oxygens (including phenoxy) is 1. The summed E-state index contributed by atoms with van der Waals surface area (Å²) in [7, 11) is 1.47. The van der Waals surface area contributed by atoms with Crippen molar-refractivity contribution in [1.29, 1.82) is 0 Å². The molecule has 2 aliphatic rings. The highest BCUT2D eigenvalue weighted by molar-refractivity contribution is 5.85. The largest absolute Gasteiger partial charge is 0.468 e. The molecule has 1 N–H and O–H groups in total. The molecule has 1 aliphatic heterocycles. The van der Waals surface area contributed by atoms with Crippen LogP contribution in [0.4, 0.5) is 0 Å². The minimum Gasteiger partial charge on any atom is -0.468 e. The van der Waals surface area contributed by atoms with E-state index in [2.05, 4.69) is 5.32 Å². The highest BCUT2D eigenvalue weighted by Crippen LogP contribution is 2.44. The zero-order valence-electron chi connectivity index (χ0n) is 7.84. The van der Waals surface area contributed by atoms with E-state index in [4.69, 9.17) is 4.74 Å². The molecule has 0 aromatic carbocycles. The number of carbonyl (C=O) groups excluding carboxylic acids is 1. The Morgan fingerprint density at radius 3 is 2.77 bits per heavy atom. The molecule has 0 radical (unpaired) electrons. The maximum atomic E-state index is 11.5. The summed E-state index contributed by atoms with van der Waals surface area (Å²) in [6.45, 7) is 0.964. The summed E-state index contributed by atoms with van der Waals surface area (Å²) in [5.41, 5.74) is -0.285. The van der Waals surface area contributed by atoms with Crippen LogP contribution < -0.4 is 5.32 Å². The Kier molecular flexibility index (Phi) is 3.19. The van der Waals surface area contributed by atoms with E-state index in [0.717, 1.165) is 13.0 Å². The Balaban J connectivity index is 0.000000845. The minimum absolute atomic E-state index is 0. The first-order chi connectivity index (χ1) is 5.79. The van der Waals surface area contributed by atoms with Gasteiger partial charge in [0.05, 0.1) is 7.11 Å². The SMILES string of the molecule is COC(=O)[C@]12CC[C@H]1CCCN2.Cl. The number of carbonyl (C=O) groups is 1. The summed E-state index contributed by atoms with van der Waals surface area (Å²) in [6, 6.07) is 0. The summed E-state index contributed by atoms with van der Waals surface area (Å²) in [4.78, 5) is 11.5. The number of fused-ring (bicyclic) bond motifs is 1. The summed E-state index contributed by atoms with van der Waals surface area (Å²) in [5, 5.41) is 3.31. The van der Waals surface area contributed by atoms with Crippen molar-refractivity contribution < 1.29 is 9.53 Å². The second-order valence-corrected chi connectivity index (χ2v) is 3.77. The third kappa shape index (κ3) is 1.44. The van der Waals surface area contributed by atoms with Gasteiger partial charge in [-0.2, -0.15) is 0 Å². The second kappa shape index (κ2) is 3.84. The average Bonchev–Trinajstić information content (AvgIpc) is 2.06. The van der Waals surface area contributed by atoms with Gasteiger partial charge in [-0.05, 0) is 38.1 Å². The van der Waals surface area contributed by atoms with Crippen LogP contribution in [0.25, 0.3) is 0 Å². The fourth-order valence-electron chi connectivity index (χ4n) is 2.44. The molecule has 0 bridgehead atoms. The van der Waals surface area contributed by atoms with E-state index in [9.17, 15) is 4.79 Å². The third-order valence-corrected chi connectivity index (χ3v) is 3.30. The lowest BCUT2D eigenvalue weighted by molar-refractivity contribution is -0.159. The number of nitrogens with one attached hydrogen (secondary N) is 1. The topological polar surface area (TPSA) is 38.3 Å². The zero-order valence-corrected chi connectivity index (χ0v) is 8.65. The van der Waals surface area contributed by atoms with E-state index >= 15 is 0 Å². The van der Waals surface area contributed by atoms with Crippen LogP contribution in [0, 0.1) is 5.92 Å². The van der Waals surface area contributed by atoms with Gasteiger partial charge in [0, 0.05) is 0 Å². The lowest BCUT2D eigenvalue weighted by Gasteiger charge is -2.50. The molecule has 0 aromatic rings. The monoisotopic (exact) mass is 205 g/mol. The highest BCUT2D eigenvalue weighted by atomic mass is 35.5. The van der Waals surface area contributed by atoms with Crippen LogP contribution in [-0.4, -0.2) is 25.2 Å². The van der Waals surface area contributed by atoms with E-state index in [0.29, 0.717) is 5.92 Å². The van der Waals surface area contributed by atoms with Crippen LogP contribution in [0.3, 0.4) is 0 Å². The van der Waals surface area contributed by atoms with Crippen molar-refractivity contribution in [3.05, 3.63) is 0 Å². The fraction of sp³-hybridized carbons (Fsp3) is 0.889. The van der Waals surface area contributed by atoms with Gasteiger partial charge in [-0.1, -0.05) is 0 Å². The van der Waals surface area contributed by atoms with E-state index in [1.807, 2.05) is 0 Å². The number of piperidine rings is 1. The molecule has 3 nitrogen and oxygen atoms in total. The van der Waals surface area contributed by atoms with E-state index in [1.54, 1.807) is 0 Å². The van der Waals surface area contributed by atoms with Gasteiger partial charge in [-0.3, -0.25) is 4.79 Å². The molecular weight excluding hydrogens is 190 g/mol. The average molecular weight is 206 g/mol. The van der Waals surface area contributed by atoms with Gasteiger partial charge in [-0.15, -0.1) is 12.4 Å². The van der Waals surface area contributed by atoms with Crippen molar-refractivity contribution in [2.75, 3.05) is 13.7 Å². The number of esters is 1. The molecule has 1 aliphatic carbocycles. The van der Waals surface area contributed by atoms with E-state index in [-0.39, 0.29) is 23.9 Å². The number of halogens is 1. The van der Waals surface area contributed by atoms with Crippen molar-refractivity contribution in [2.24, 2.45) is 5.92 Å². The molecule has 1 saturated heterocycles. The van der Waals surface area contributed by atoms with Gasteiger partial charge in [-0.25, -0.2) is 0 Å². The standard InChI is InChI=1S/C9H15NO2.ClH/c1-12-8(11)9-5-4-7(9)3-2-6-10-9;/h7,10H,2-6H2,1H3;1H/t7-,9+;/m1./s1. The first-order valence-electron chi connectivity index (χ1n) is 4.63. The van der Waals surface area contributed by atoms with Crippen molar-refractivity contribution >= 4 is 18.4 Å². The molecular formula is C9H16ClNO2. The molecule has 0 aromatic heterocycles. The molecule has 0 unspecified atom stereocenters. The van der Waals surface area contributed by atoms with Gasteiger partial charge >= 0.3 is 5.97 Å². The predicted molar refractivity (Wildman–Crippen MR) is 52.0 cm³/mol. The predicted octanol–water partition coefficient (Wildman–Crippen LogP) is 1.11. The van der Waals surface area contributed by atoms with E-state index in [1.165, 1.54) is 26.4 Å². The molecule has 0 amide bonds. The van der Waals surface area contributed by atoms with Crippen molar-refractivity contribution in [2.45, 2.75) is 31.2 Å². The molecule has 1 saturated carbocycles. The van der Waals surface area contributed by atoms with Gasteiger partial charge in [0.1, 0.15) is 5.54 Å². The van der Waals surface area contributed by atoms with Crippen LogP contribution >= 0.6 is 12.4 Å². The van der Waals surface area contributed by atoms with Crippen molar-refractivity contribution in [3.8, 4) is 0 Å². The molecule has 2 atom stereocenters. The number of hydrogen-bond acceptors (Lipinski definition) is 3. The Morgan fingerprint density at radius 1 is 1.54 bits per heavy atom. The quantitative estimate of drug-likeness (QED) is 0.652. The minimum atomic E-state index is -0.285. The molecule has 4 heteroatoms. The summed E-state index contributed by atoms with van der Waals surface area (Å²) < 4.78 is 4.81. The van der Waals surface area contributed by atoms with Gasteiger partial charge in [0.15, 0.2) is 0 Å². The van der Waals surface area contributed by atoms with Gasteiger partial charge < -0.3 is 10.1 Å².